The molecule has 1 aliphatic heterocycles. The molecule has 0 radical (unpaired) electrons. The molecule has 2 aliphatic carbocycles. The van der Waals surface area contributed by atoms with Gasteiger partial charge in [-0.2, -0.15) is 15.8 Å². The van der Waals surface area contributed by atoms with Crippen molar-refractivity contribution in [2.24, 2.45) is 28.9 Å². The van der Waals surface area contributed by atoms with Gasteiger partial charge in [-0.05, 0) is 37.3 Å². The molecule has 3 atom stereocenters. The summed E-state index contributed by atoms with van der Waals surface area (Å²) in [6.07, 6.45) is 9.17. The number of hydrogen-bond donors (Lipinski definition) is 1. The third-order valence-electron chi connectivity index (χ3n) is 6.07. The summed E-state index contributed by atoms with van der Waals surface area (Å²) in [4.78, 5) is 2.30. The lowest BCUT2D eigenvalue weighted by atomic mass is 9.55. The van der Waals surface area contributed by atoms with Gasteiger partial charge in [0.25, 0.3) is 0 Å². The summed E-state index contributed by atoms with van der Waals surface area (Å²) >= 11 is 0. The van der Waals surface area contributed by atoms with E-state index in [1.807, 2.05) is 0 Å². The van der Waals surface area contributed by atoms with E-state index in [9.17, 15) is 15.8 Å². The third kappa shape index (κ3) is 2.55. The molecule has 0 saturated heterocycles. The summed E-state index contributed by atoms with van der Waals surface area (Å²) in [5.41, 5.74) is 6.35. The van der Waals surface area contributed by atoms with Crippen LogP contribution in [-0.2, 0) is 0 Å². The van der Waals surface area contributed by atoms with Crippen LogP contribution in [0.3, 0.4) is 0 Å². The van der Waals surface area contributed by atoms with Gasteiger partial charge in [-0.3, -0.25) is 4.90 Å². The van der Waals surface area contributed by atoms with Crippen molar-refractivity contribution < 1.29 is 0 Å². The highest BCUT2D eigenvalue weighted by Crippen LogP contribution is 2.54. The van der Waals surface area contributed by atoms with Crippen molar-refractivity contribution in [1.29, 1.82) is 15.8 Å². The molecule has 0 saturated carbocycles. The summed E-state index contributed by atoms with van der Waals surface area (Å²) in [6, 6.07) is 6.64. The molecule has 0 fully saturated rings. The van der Waals surface area contributed by atoms with Gasteiger partial charge in [0.2, 0.25) is 0 Å². The van der Waals surface area contributed by atoms with E-state index in [0.29, 0.717) is 5.57 Å². The third-order valence-corrected chi connectivity index (χ3v) is 6.07. The van der Waals surface area contributed by atoms with Crippen molar-refractivity contribution in [2.45, 2.75) is 26.2 Å². The molecule has 128 valence electrons. The van der Waals surface area contributed by atoms with E-state index in [0.717, 1.165) is 44.5 Å². The predicted octanol–water partition coefficient (Wildman–Crippen LogP) is 2.62. The van der Waals surface area contributed by atoms with Crippen LogP contribution in [0.4, 0.5) is 0 Å². The minimum absolute atomic E-state index is 0.00597. The number of hydrogen-bond acceptors (Lipinski definition) is 5. The van der Waals surface area contributed by atoms with E-state index in [1.54, 1.807) is 0 Å². The predicted molar refractivity (Wildman–Crippen MR) is 94.1 cm³/mol. The lowest BCUT2D eigenvalue weighted by Gasteiger charge is -2.48. The Labute approximate surface area is 149 Å². The zero-order valence-electron chi connectivity index (χ0n) is 14.6. The lowest BCUT2D eigenvalue weighted by molar-refractivity contribution is 0.112. The molecule has 5 heteroatoms. The van der Waals surface area contributed by atoms with Crippen LogP contribution in [0.5, 0.6) is 0 Å². The standard InChI is InChI=1S/C20H23N5/c1-2-25-9-8-15-16(10-21)19(24)20(12-22,13-23)18(17(15)11-25)14-6-4-3-5-7-14/h3-4,8,14,17-18H,2,5-7,9,11,24H2,1H3. The quantitative estimate of drug-likeness (QED) is 0.783. The Kier molecular flexibility index (Phi) is 4.67. The van der Waals surface area contributed by atoms with Crippen LogP contribution in [-0.4, -0.2) is 24.5 Å². The zero-order chi connectivity index (χ0) is 18.0. The van der Waals surface area contributed by atoms with Crippen LogP contribution in [0.1, 0.15) is 26.2 Å². The molecule has 0 amide bonds. The summed E-state index contributed by atoms with van der Waals surface area (Å²) in [7, 11) is 0. The maximum absolute atomic E-state index is 9.99. The van der Waals surface area contributed by atoms with Gasteiger partial charge in [0, 0.05) is 24.9 Å². The molecular formula is C20H23N5. The minimum Gasteiger partial charge on any atom is -0.399 e. The van der Waals surface area contributed by atoms with Gasteiger partial charge in [0.05, 0.1) is 23.4 Å². The molecule has 0 aromatic carbocycles. The van der Waals surface area contributed by atoms with Crippen LogP contribution in [0.25, 0.3) is 0 Å². The Bertz CT molecular complexity index is 753. The van der Waals surface area contributed by atoms with Gasteiger partial charge in [-0.15, -0.1) is 0 Å². The first kappa shape index (κ1) is 17.3. The van der Waals surface area contributed by atoms with Gasteiger partial charge in [-0.1, -0.05) is 25.2 Å². The molecule has 1 heterocycles. The molecule has 5 nitrogen and oxygen atoms in total. The van der Waals surface area contributed by atoms with Gasteiger partial charge in [-0.25, -0.2) is 0 Å². The van der Waals surface area contributed by atoms with E-state index in [-0.39, 0.29) is 23.5 Å². The molecule has 0 spiro atoms. The topological polar surface area (TPSA) is 101 Å². The van der Waals surface area contributed by atoms with Crippen molar-refractivity contribution in [3.05, 3.63) is 35.1 Å². The lowest BCUT2D eigenvalue weighted by Crippen LogP contribution is -2.51. The van der Waals surface area contributed by atoms with Crippen molar-refractivity contribution in [1.82, 2.24) is 4.90 Å². The molecule has 3 unspecified atom stereocenters. The summed E-state index contributed by atoms with van der Waals surface area (Å²) in [5.74, 6) is 0.0601. The fourth-order valence-corrected chi connectivity index (χ4v) is 4.76. The summed E-state index contributed by atoms with van der Waals surface area (Å²) in [6.45, 7) is 4.57. The molecule has 25 heavy (non-hydrogen) atoms. The fraction of sp³-hybridized carbons (Fsp3) is 0.550. The Morgan fingerprint density at radius 3 is 2.60 bits per heavy atom. The maximum Gasteiger partial charge on any atom is 0.187 e. The molecule has 0 aromatic heterocycles. The van der Waals surface area contributed by atoms with Gasteiger partial charge in [0.1, 0.15) is 6.07 Å². The normalized spacial score (nSPS) is 31.3. The van der Waals surface area contributed by atoms with Crippen LogP contribution < -0.4 is 5.73 Å². The number of allylic oxidation sites excluding steroid dienone is 4. The van der Waals surface area contributed by atoms with Crippen LogP contribution in [0.15, 0.2) is 35.1 Å². The van der Waals surface area contributed by atoms with Crippen molar-refractivity contribution in [3.63, 3.8) is 0 Å². The SMILES string of the molecule is CCN1CC=C2C(C#N)=C(N)C(C#N)(C#N)C(C3CC=CCC3)C2C1. The highest BCUT2D eigenvalue weighted by Gasteiger charge is 2.55. The number of nitrogens with zero attached hydrogens (tertiary/aromatic N) is 4. The average Bonchev–Trinajstić information content (AvgIpc) is 2.67. The number of likely N-dealkylation sites (N-methyl/N-ethyl adjacent to an activating group) is 1. The number of rotatable bonds is 2. The Morgan fingerprint density at radius 2 is 2.04 bits per heavy atom. The van der Waals surface area contributed by atoms with Gasteiger partial charge in [0.15, 0.2) is 5.41 Å². The molecule has 3 rings (SSSR count). The number of fused-ring (bicyclic) bond motifs is 1. The molecular weight excluding hydrogens is 310 g/mol. The highest BCUT2D eigenvalue weighted by molar-refractivity contribution is 5.56. The largest absolute Gasteiger partial charge is 0.399 e. The first-order valence-electron chi connectivity index (χ1n) is 8.93. The van der Waals surface area contributed by atoms with Gasteiger partial charge >= 0.3 is 0 Å². The van der Waals surface area contributed by atoms with Crippen molar-refractivity contribution in [3.8, 4) is 18.2 Å². The molecule has 2 N–H and O–H groups in total. The Balaban J connectivity index is 2.20. The number of nitriles is 3. The monoisotopic (exact) mass is 333 g/mol. The van der Waals surface area contributed by atoms with Gasteiger partial charge < -0.3 is 5.73 Å². The highest BCUT2D eigenvalue weighted by atomic mass is 15.1. The zero-order valence-corrected chi connectivity index (χ0v) is 14.6. The van der Waals surface area contributed by atoms with Crippen LogP contribution in [0, 0.1) is 57.2 Å². The first-order valence-corrected chi connectivity index (χ1v) is 8.93. The molecule has 3 aliphatic rings. The average molecular weight is 333 g/mol. The second-order valence-electron chi connectivity index (χ2n) is 7.12. The van der Waals surface area contributed by atoms with E-state index in [4.69, 9.17) is 5.73 Å². The van der Waals surface area contributed by atoms with E-state index in [1.165, 1.54) is 0 Å². The van der Waals surface area contributed by atoms with Crippen LogP contribution in [0.2, 0.25) is 0 Å². The van der Waals surface area contributed by atoms with Crippen LogP contribution >= 0.6 is 0 Å². The summed E-state index contributed by atoms with van der Waals surface area (Å²) in [5, 5.41) is 29.7. The Hall–Kier alpha value is -2.55. The van der Waals surface area contributed by atoms with Crippen molar-refractivity contribution >= 4 is 0 Å². The molecule has 0 bridgehead atoms. The second-order valence-corrected chi connectivity index (χ2v) is 7.12. The smallest absolute Gasteiger partial charge is 0.187 e. The Morgan fingerprint density at radius 1 is 1.28 bits per heavy atom. The second kappa shape index (κ2) is 6.75. The maximum atomic E-state index is 9.99. The van der Waals surface area contributed by atoms with Crippen molar-refractivity contribution in [2.75, 3.05) is 19.6 Å². The number of nitrogens with two attached hydrogens (primary N) is 1. The first-order chi connectivity index (χ1) is 12.1. The van der Waals surface area contributed by atoms with E-state index < -0.39 is 5.41 Å². The molecule has 0 aromatic rings. The van der Waals surface area contributed by atoms with E-state index in [2.05, 4.69) is 48.3 Å². The van der Waals surface area contributed by atoms with E-state index >= 15 is 0 Å². The fourth-order valence-electron chi connectivity index (χ4n) is 4.76. The summed E-state index contributed by atoms with van der Waals surface area (Å²) < 4.78 is 0. The minimum atomic E-state index is -1.42.